The highest BCUT2D eigenvalue weighted by Gasteiger charge is 2.12. The number of hydrogen-bond donors (Lipinski definition) is 1. The first-order valence-electron chi connectivity index (χ1n) is 4.92. The average molecular weight is 229 g/mol. The van der Waals surface area contributed by atoms with E-state index in [0.29, 0.717) is 5.76 Å². The third kappa shape index (κ3) is 1.57. The van der Waals surface area contributed by atoms with Gasteiger partial charge in [-0.15, -0.1) is 0 Å². The first kappa shape index (κ1) is 9.65. The summed E-state index contributed by atoms with van der Waals surface area (Å²) in [5.74, 6) is -0.685. The van der Waals surface area contributed by atoms with Gasteiger partial charge in [-0.05, 0) is 24.3 Å². The number of aromatic carboxylic acids is 1. The van der Waals surface area contributed by atoms with Crippen LogP contribution in [-0.2, 0) is 0 Å². The Balaban J connectivity index is 2.09. The summed E-state index contributed by atoms with van der Waals surface area (Å²) in [7, 11) is 0. The van der Waals surface area contributed by atoms with Crippen molar-refractivity contribution in [1.82, 2.24) is 5.16 Å². The van der Waals surface area contributed by atoms with Crippen molar-refractivity contribution in [3.05, 3.63) is 42.3 Å². The minimum atomic E-state index is -1.11. The molecule has 3 rings (SSSR count). The lowest BCUT2D eigenvalue weighted by molar-refractivity contribution is 0.0686. The number of carboxylic acids is 1. The third-order valence-corrected chi connectivity index (χ3v) is 2.47. The van der Waals surface area contributed by atoms with Gasteiger partial charge in [0.25, 0.3) is 0 Å². The van der Waals surface area contributed by atoms with E-state index in [9.17, 15) is 4.79 Å². The molecule has 3 aromatic rings. The van der Waals surface area contributed by atoms with E-state index < -0.39 is 5.97 Å². The normalized spacial score (nSPS) is 10.8. The average Bonchev–Trinajstić information content (AvgIpc) is 2.97. The predicted octanol–water partition coefficient (Wildman–Crippen LogP) is 2.79. The molecule has 17 heavy (non-hydrogen) atoms. The number of benzene rings is 1. The van der Waals surface area contributed by atoms with Crippen molar-refractivity contribution < 1.29 is 18.8 Å². The van der Waals surface area contributed by atoms with Crippen LogP contribution in [0.2, 0.25) is 0 Å². The molecular formula is C12H7NO4. The van der Waals surface area contributed by atoms with Gasteiger partial charge in [-0.25, -0.2) is 4.79 Å². The van der Waals surface area contributed by atoms with Crippen LogP contribution >= 0.6 is 0 Å². The molecular weight excluding hydrogens is 222 g/mol. The highest BCUT2D eigenvalue weighted by Crippen LogP contribution is 2.25. The Bertz CT molecular complexity index is 695. The monoisotopic (exact) mass is 229 g/mol. The zero-order valence-corrected chi connectivity index (χ0v) is 8.58. The third-order valence-electron chi connectivity index (χ3n) is 2.47. The molecule has 0 unspecified atom stereocenters. The van der Waals surface area contributed by atoms with Gasteiger partial charge in [0.2, 0.25) is 0 Å². The molecule has 0 saturated heterocycles. The Labute approximate surface area is 95.3 Å². The van der Waals surface area contributed by atoms with Gasteiger partial charge in [0.15, 0.2) is 11.5 Å². The molecule has 0 atom stereocenters. The number of rotatable bonds is 2. The van der Waals surface area contributed by atoms with E-state index in [1.807, 2.05) is 12.1 Å². The fraction of sp³-hybridized carbons (Fsp3) is 0. The highest BCUT2D eigenvalue weighted by atomic mass is 16.5. The number of furan rings is 1. The molecule has 0 aliphatic carbocycles. The van der Waals surface area contributed by atoms with Crippen molar-refractivity contribution in [2.45, 2.75) is 0 Å². The molecule has 2 aromatic heterocycles. The van der Waals surface area contributed by atoms with Crippen LogP contribution in [0, 0.1) is 0 Å². The van der Waals surface area contributed by atoms with Crippen molar-refractivity contribution in [1.29, 1.82) is 0 Å². The first-order chi connectivity index (χ1) is 8.24. The van der Waals surface area contributed by atoms with Gasteiger partial charge in [0.1, 0.15) is 5.58 Å². The van der Waals surface area contributed by atoms with Gasteiger partial charge < -0.3 is 14.0 Å². The highest BCUT2D eigenvalue weighted by molar-refractivity contribution is 5.87. The Morgan fingerprint density at radius 2 is 2.12 bits per heavy atom. The Kier molecular flexibility index (Phi) is 1.98. The van der Waals surface area contributed by atoms with Crippen LogP contribution in [0.4, 0.5) is 0 Å². The quantitative estimate of drug-likeness (QED) is 0.731. The number of hydrogen-bond acceptors (Lipinski definition) is 4. The van der Waals surface area contributed by atoms with Crippen molar-refractivity contribution >= 4 is 16.9 Å². The SMILES string of the molecule is O=C(O)c1cc(-c2ccc3occc3c2)on1. The Morgan fingerprint density at radius 1 is 1.24 bits per heavy atom. The summed E-state index contributed by atoms with van der Waals surface area (Å²) >= 11 is 0. The second kappa shape index (κ2) is 3.48. The van der Waals surface area contributed by atoms with Gasteiger partial charge >= 0.3 is 5.97 Å². The standard InChI is InChI=1S/C12H7NO4/c14-12(15)9-6-11(17-13-9)7-1-2-10-8(5-7)3-4-16-10/h1-6H,(H,14,15). The van der Waals surface area contributed by atoms with Gasteiger partial charge in [-0.3, -0.25) is 0 Å². The molecule has 0 spiro atoms. The number of nitrogens with zero attached hydrogens (tertiary/aromatic N) is 1. The predicted molar refractivity (Wildman–Crippen MR) is 58.7 cm³/mol. The largest absolute Gasteiger partial charge is 0.476 e. The fourth-order valence-corrected chi connectivity index (χ4v) is 1.63. The second-order valence-corrected chi connectivity index (χ2v) is 3.55. The summed E-state index contributed by atoms with van der Waals surface area (Å²) in [6.07, 6.45) is 1.59. The van der Waals surface area contributed by atoms with E-state index in [1.54, 1.807) is 18.4 Å². The van der Waals surface area contributed by atoms with Crippen LogP contribution in [0.5, 0.6) is 0 Å². The van der Waals surface area contributed by atoms with E-state index in [1.165, 1.54) is 6.07 Å². The molecule has 1 aromatic carbocycles. The number of carbonyl (C=O) groups is 1. The summed E-state index contributed by atoms with van der Waals surface area (Å²) in [5, 5.41) is 13.1. The molecule has 0 radical (unpaired) electrons. The molecule has 0 saturated carbocycles. The minimum Gasteiger partial charge on any atom is -0.476 e. The van der Waals surface area contributed by atoms with Crippen LogP contribution in [0.1, 0.15) is 10.5 Å². The smallest absolute Gasteiger partial charge is 0.358 e. The molecule has 5 heteroatoms. The zero-order valence-electron chi connectivity index (χ0n) is 8.58. The minimum absolute atomic E-state index is 0.104. The molecule has 5 nitrogen and oxygen atoms in total. The molecule has 0 fully saturated rings. The lowest BCUT2D eigenvalue weighted by atomic mass is 10.1. The zero-order chi connectivity index (χ0) is 11.8. The molecule has 1 N–H and O–H groups in total. The maximum atomic E-state index is 10.7. The van der Waals surface area contributed by atoms with E-state index in [-0.39, 0.29) is 5.69 Å². The molecule has 0 aliphatic heterocycles. The van der Waals surface area contributed by atoms with Gasteiger partial charge in [0.05, 0.1) is 6.26 Å². The summed E-state index contributed by atoms with van der Waals surface area (Å²) in [4.78, 5) is 10.7. The summed E-state index contributed by atoms with van der Waals surface area (Å²) in [6, 6.07) is 8.66. The van der Waals surface area contributed by atoms with E-state index in [4.69, 9.17) is 14.0 Å². The van der Waals surface area contributed by atoms with Crippen LogP contribution in [0.15, 0.2) is 45.5 Å². The molecule has 0 amide bonds. The van der Waals surface area contributed by atoms with E-state index in [2.05, 4.69) is 5.16 Å². The van der Waals surface area contributed by atoms with E-state index >= 15 is 0 Å². The number of aromatic nitrogens is 1. The van der Waals surface area contributed by atoms with Gasteiger partial charge in [-0.2, -0.15) is 0 Å². The lowest BCUT2D eigenvalue weighted by Gasteiger charge is -1.94. The topological polar surface area (TPSA) is 76.5 Å². The first-order valence-corrected chi connectivity index (χ1v) is 4.92. The summed E-state index contributed by atoms with van der Waals surface area (Å²) in [6.45, 7) is 0. The van der Waals surface area contributed by atoms with Crippen LogP contribution in [0.25, 0.3) is 22.3 Å². The van der Waals surface area contributed by atoms with Crippen molar-refractivity contribution in [2.24, 2.45) is 0 Å². The van der Waals surface area contributed by atoms with Crippen molar-refractivity contribution in [3.8, 4) is 11.3 Å². The summed E-state index contributed by atoms with van der Waals surface area (Å²) < 4.78 is 10.2. The van der Waals surface area contributed by atoms with Crippen LogP contribution < -0.4 is 0 Å². The number of carboxylic acid groups (broad SMARTS) is 1. The molecule has 84 valence electrons. The Hall–Kier alpha value is -2.56. The fourth-order valence-electron chi connectivity index (χ4n) is 1.63. The second-order valence-electron chi connectivity index (χ2n) is 3.55. The number of fused-ring (bicyclic) bond motifs is 1. The van der Waals surface area contributed by atoms with E-state index in [0.717, 1.165) is 16.5 Å². The van der Waals surface area contributed by atoms with Gasteiger partial charge in [0, 0.05) is 17.0 Å². The van der Waals surface area contributed by atoms with Crippen LogP contribution in [0.3, 0.4) is 0 Å². The van der Waals surface area contributed by atoms with Crippen molar-refractivity contribution in [2.75, 3.05) is 0 Å². The van der Waals surface area contributed by atoms with Crippen LogP contribution in [-0.4, -0.2) is 16.2 Å². The van der Waals surface area contributed by atoms with Crippen molar-refractivity contribution in [3.63, 3.8) is 0 Å². The summed E-state index contributed by atoms with van der Waals surface area (Å²) in [5.41, 5.74) is 1.43. The Morgan fingerprint density at radius 3 is 2.88 bits per heavy atom. The maximum Gasteiger partial charge on any atom is 0.358 e. The lowest BCUT2D eigenvalue weighted by Crippen LogP contribution is -1.94. The maximum absolute atomic E-state index is 10.7. The molecule has 0 bridgehead atoms. The van der Waals surface area contributed by atoms with Gasteiger partial charge in [-0.1, -0.05) is 5.16 Å². The molecule has 2 heterocycles. The molecule has 0 aliphatic rings.